The van der Waals surface area contributed by atoms with E-state index in [4.69, 9.17) is 14.2 Å². The Morgan fingerprint density at radius 1 is 0.773 bits per heavy atom. The maximum Gasteiger partial charge on any atom is 0.433 e. The van der Waals surface area contributed by atoms with Crippen LogP contribution in [0.2, 0.25) is 0 Å². The van der Waals surface area contributed by atoms with Crippen LogP contribution < -0.4 is 9.47 Å². The van der Waals surface area contributed by atoms with E-state index in [1.807, 2.05) is 0 Å². The summed E-state index contributed by atoms with van der Waals surface area (Å²) >= 11 is 0. The van der Waals surface area contributed by atoms with Gasteiger partial charge in [-0.2, -0.15) is 18.3 Å². The van der Waals surface area contributed by atoms with Crippen molar-refractivity contribution in [1.29, 1.82) is 0 Å². The van der Waals surface area contributed by atoms with Crippen molar-refractivity contribution >= 4 is 17.6 Å². The third-order valence-electron chi connectivity index (χ3n) is 7.04. The molecule has 4 aromatic rings. The predicted molar refractivity (Wildman–Crippen MR) is 156 cm³/mol. The predicted octanol–water partition coefficient (Wildman–Crippen LogP) is 5.79. The van der Waals surface area contributed by atoms with Gasteiger partial charge in [0, 0.05) is 48.9 Å². The zero-order valence-corrected chi connectivity index (χ0v) is 24.9. The van der Waals surface area contributed by atoms with Crippen LogP contribution in [0.5, 0.6) is 11.5 Å². The average Bonchev–Trinajstić information content (AvgIpc) is 3.43. The van der Waals surface area contributed by atoms with Gasteiger partial charge in [-0.15, -0.1) is 0 Å². The largest absolute Gasteiger partial charge is 0.493 e. The number of benzene rings is 2. The second-order valence-corrected chi connectivity index (χ2v) is 11.2. The molecule has 1 saturated heterocycles. The number of piperazine rings is 1. The van der Waals surface area contributed by atoms with Gasteiger partial charge in [-0.05, 0) is 57.2 Å². The number of methoxy groups -OCH3 is 2. The summed E-state index contributed by atoms with van der Waals surface area (Å²) in [5.74, 6) is 0.579. The lowest BCUT2D eigenvalue weighted by Crippen LogP contribution is -2.51. The Kier molecular flexibility index (Phi) is 8.15. The van der Waals surface area contributed by atoms with Crippen molar-refractivity contribution in [2.75, 3.05) is 40.4 Å². The van der Waals surface area contributed by atoms with Crippen LogP contribution in [-0.4, -0.2) is 82.4 Å². The molecule has 2 aromatic heterocycles. The second-order valence-electron chi connectivity index (χ2n) is 11.2. The Morgan fingerprint density at radius 3 is 1.98 bits per heavy atom. The molecular weight excluding hydrogens is 579 g/mol. The molecule has 1 fully saturated rings. The van der Waals surface area contributed by atoms with Crippen LogP contribution in [0.25, 0.3) is 28.2 Å². The van der Waals surface area contributed by atoms with Crippen LogP contribution in [0.4, 0.5) is 18.0 Å². The Balaban J connectivity index is 1.37. The van der Waals surface area contributed by atoms with Gasteiger partial charge >= 0.3 is 12.3 Å². The highest BCUT2D eigenvalue weighted by molar-refractivity contribution is 5.95. The van der Waals surface area contributed by atoms with Crippen LogP contribution in [-0.2, 0) is 10.9 Å². The van der Waals surface area contributed by atoms with E-state index in [1.165, 1.54) is 20.3 Å². The molecule has 13 heteroatoms. The number of hydrogen-bond acceptors (Lipinski definition) is 7. The van der Waals surface area contributed by atoms with Crippen molar-refractivity contribution in [3.05, 3.63) is 65.9 Å². The average molecular weight is 612 g/mol. The van der Waals surface area contributed by atoms with Gasteiger partial charge in [0.05, 0.1) is 25.6 Å². The molecule has 2 amide bonds. The number of aromatic nitrogens is 3. The zero-order valence-electron chi connectivity index (χ0n) is 24.9. The van der Waals surface area contributed by atoms with Crippen LogP contribution in [0, 0.1) is 0 Å². The van der Waals surface area contributed by atoms with Crippen molar-refractivity contribution in [1.82, 2.24) is 24.4 Å². The number of fused-ring (bicyclic) bond motifs is 1. The summed E-state index contributed by atoms with van der Waals surface area (Å²) in [7, 11) is 2.91. The molecule has 44 heavy (non-hydrogen) atoms. The van der Waals surface area contributed by atoms with Gasteiger partial charge in [0.15, 0.2) is 22.8 Å². The SMILES string of the molecule is COc1ccc(-c2cc(C(F)(F)F)n3nc(-c4ccc(C(=O)N5CCN(C(=O)OC(C)(C)C)CC5)cc4)cc3n2)cc1OC. The molecule has 5 rings (SSSR count). The van der Waals surface area contributed by atoms with E-state index >= 15 is 0 Å². The minimum Gasteiger partial charge on any atom is -0.493 e. The van der Waals surface area contributed by atoms with Crippen LogP contribution in [0.15, 0.2) is 54.6 Å². The number of halogens is 3. The van der Waals surface area contributed by atoms with Crippen LogP contribution >= 0.6 is 0 Å². The molecule has 0 atom stereocenters. The Bertz CT molecular complexity index is 1690. The fourth-order valence-electron chi connectivity index (χ4n) is 4.85. The van der Waals surface area contributed by atoms with Gasteiger partial charge in [-0.3, -0.25) is 4.79 Å². The molecule has 2 aromatic carbocycles. The van der Waals surface area contributed by atoms with Gasteiger partial charge in [0.2, 0.25) is 0 Å². The van der Waals surface area contributed by atoms with Crippen molar-refractivity contribution in [3.63, 3.8) is 0 Å². The van der Waals surface area contributed by atoms with Crippen LogP contribution in [0.3, 0.4) is 0 Å². The number of ether oxygens (including phenoxy) is 3. The summed E-state index contributed by atoms with van der Waals surface area (Å²) in [5, 5.41) is 4.20. The van der Waals surface area contributed by atoms with E-state index in [-0.39, 0.29) is 22.9 Å². The van der Waals surface area contributed by atoms with E-state index in [0.717, 1.165) is 10.6 Å². The smallest absolute Gasteiger partial charge is 0.433 e. The number of amides is 2. The highest BCUT2D eigenvalue weighted by Gasteiger charge is 2.35. The third-order valence-corrected chi connectivity index (χ3v) is 7.04. The maximum atomic E-state index is 14.1. The summed E-state index contributed by atoms with van der Waals surface area (Å²) in [5.41, 5.74) is 0.0917. The molecule has 0 N–H and O–H groups in total. The maximum absolute atomic E-state index is 14.1. The summed E-state index contributed by atoms with van der Waals surface area (Å²) in [6.45, 7) is 6.78. The van der Waals surface area contributed by atoms with E-state index in [0.29, 0.717) is 54.4 Å². The molecule has 0 spiro atoms. The molecule has 0 radical (unpaired) electrons. The van der Waals surface area contributed by atoms with Crippen molar-refractivity contribution in [2.45, 2.75) is 32.5 Å². The highest BCUT2D eigenvalue weighted by atomic mass is 19.4. The lowest BCUT2D eigenvalue weighted by atomic mass is 10.1. The molecule has 0 saturated carbocycles. The number of carbonyl (C=O) groups excluding carboxylic acids is 2. The number of nitrogens with zero attached hydrogens (tertiary/aromatic N) is 5. The first kappa shape index (κ1) is 30.6. The summed E-state index contributed by atoms with van der Waals surface area (Å²) < 4.78 is 59.1. The topological polar surface area (TPSA) is 98.5 Å². The quantitative estimate of drug-likeness (QED) is 0.282. The first-order valence-corrected chi connectivity index (χ1v) is 13.9. The first-order valence-electron chi connectivity index (χ1n) is 13.9. The monoisotopic (exact) mass is 611 g/mol. The highest BCUT2D eigenvalue weighted by Crippen LogP contribution is 2.36. The van der Waals surface area contributed by atoms with Crippen molar-refractivity contribution in [3.8, 4) is 34.0 Å². The number of hydrogen-bond donors (Lipinski definition) is 0. The molecule has 3 heterocycles. The van der Waals surface area contributed by atoms with Crippen molar-refractivity contribution in [2.24, 2.45) is 0 Å². The van der Waals surface area contributed by atoms with E-state index in [2.05, 4.69) is 10.1 Å². The standard InChI is InChI=1S/C31H32F3N5O5/c1-30(2,3)44-29(41)38-14-12-37(13-15-38)28(40)20-8-6-19(7-9-20)23-18-27-35-22(17-26(31(32,33)34)39(27)36-23)21-10-11-24(42-4)25(16-21)43-5/h6-11,16-18H,12-15H2,1-5H3. The fraction of sp³-hybridized carbons (Fsp3) is 0.355. The molecule has 0 aliphatic carbocycles. The summed E-state index contributed by atoms with van der Waals surface area (Å²) in [6, 6.07) is 13.6. The van der Waals surface area contributed by atoms with Gasteiger partial charge in [0.1, 0.15) is 5.60 Å². The Labute approximate surface area is 251 Å². The molecular formula is C31H32F3N5O5. The van der Waals surface area contributed by atoms with Gasteiger partial charge in [0.25, 0.3) is 5.91 Å². The van der Waals surface area contributed by atoms with Crippen molar-refractivity contribution < 1.29 is 37.0 Å². The Morgan fingerprint density at radius 2 is 1.39 bits per heavy atom. The molecule has 0 unspecified atom stereocenters. The Hall–Kier alpha value is -4.81. The van der Waals surface area contributed by atoms with Gasteiger partial charge < -0.3 is 24.0 Å². The van der Waals surface area contributed by atoms with Gasteiger partial charge in [-0.25, -0.2) is 14.3 Å². The molecule has 1 aliphatic rings. The van der Waals surface area contributed by atoms with Gasteiger partial charge in [-0.1, -0.05) is 12.1 Å². The lowest BCUT2D eigenvalue weighted by Gasteiger charge is -2.35. The number of rotatable bonds is 5. The molecule has 0 bridgehead atoms. The zero-order chi connectivity index (χ0) is 31.8. The minimum atomic E-state index is -4.71. The normalized spacial score (nSPS) is 14.1. The van der Waals surface area contributed by atoms with E-state index in [1.54, 1.807) is 73.0 Å². The van der Waals surface area contributed by atoms with Crippen LogP contribution in [0.1, 0.15) is 36.8 Å². The second kappa shape index (κ2) is 11.7. The molecule has 1 aliphatic heterocycles. The fourth-order valence-corrected chi connectivity index (χ4v) is 4.85. The number of alkyl halides is 3. The molecule has 232 valence electrons. The summed E-state index contributed by atoms with van der Waals surface area (Å²) in [4.78, 5) is 33.1. The summed E-state index contributed by atoms with van der Waals surface area (Å²) in [6.07, 6.45) is -5.13. The minimum absolute atomic E-state index is 0.00243. The van der Waals surface area contributed by atoms with E-state index < -0.39 is 23.6 Å². The van der Waals surface area contributed by atoms with E-state index in [9.17, 15) is 22.8 Å². The number of carbonyl (C=O) groups is 2. The lowest BCUT2D eigenvalue weighted by molar-refractivity contribution is -0.142. The third kappa shape index (κ3) is 6.41. The molecule has 10 nitrogen and oxygen atoms in total. The first-order chi connectivity index (χ1) is 20.8.